The molecule has 104 valence electrons. The minimum atomic E-state index is -4.58. The third kappa shape index (κ3) is 3.22. The molecule has 1 aromatic heterocycles. The van der Waals surface area contributed by atoms with Crippen molar-refractivity contribution in [2.45, 2.75) is 13.3 Å². The molecule has 1 unspecified atom stereocenters. The smallest absolute Gasteiger partial charge is 0.302 e. The van der Waals surface area contributed by atoms with Gasteiger partial charge in [-0.15, -0.1) is 3.89 Å². The predicted molar refractivity (Wildman–Crippen MR) is 69.3 cm³/mol. The quantitative estimate of drug-likeness (QED) is 0.629. The number of halogens is 2. The van der Waals surface area contributed by atoms with Gasteiger partial charge in [0.15, 0.2) is 5.15 Å². The molecule has 1 aliphatic rings. The molecule has 0 aliphatic carbocycles. The van der Waals surface area contributed by atoms with Gasteiger partial charge in [-0.1, -0.05) is 11.6 Å². The molecule has 1 aliphatic heterocycles. The van der Waals surface area contributed by atoms with E-state index in [-0.39, 0.29) is 24.0 Å². The highest BCUT2D eigenvalue weighted by molar-refractivity contribution is 7.86. The van der Waals surface area contributed by atoms with Crippen LogP contribution in [0.25, 0.3) is 0 Å². The zero-order chi connectivity index (χ0) is 14.2. The van der Waals surface area contributed by atoms with Crippen molar-refractivity contribution >= 4 is 33.4 Å². The number of pyridine rings is 1. The third-order valence-corrected chi connectivity index (χ3v) is 4.14. The average molecular weight is 307 g/mol. The van der Waals surface area contributed by atoms with Crippen molar-refractivity contribution in [3.8, 4) is 0 Å². The van der Waals surface area contributed by atoms with Gasteiger partial charge in [-0.2, -0.15) is 8.42 Å². The first-order valence-corrected chi connectivity index (χ1v) is 7.55. The lowest BCUT2D eigenvalue weighted by Crippen LogP contribution is -2.26. The molecule has 0 saturated carbocycles. The molecule has 1 saturated heterocycles. The van der Waals surface area contributed by atoms with Crippen LogP contribution in [0, 0.1) is 12.8 Å². The maximum atomic E-state index is 12.7. The first-order chi connectivity index (χ1) is 8.78. The van der Waals surface area contributed by atoms with Crippen LogP contribution in [0.2, 0.25) is 5.15 Å². The fourth-order valence-corrected chi connectivity index (χ4v) is 3.33. The molecule has 1 atom stereocenters. The first kappa shape index (κ1) is 14.2. The van der Waals surface area contributed by atoms with Gasteiger partial charge >= 0.3 is 10.2 Å². The monoisotopic (exact) mass is 306 g/mol. The number of aromatic nitrogens is 1. The summed E-state index contributed by atoms with van der Waals surface area (Å²) in [6.07, 6.45) is 1.51. The SMILES string of the molecule is Cc1ccnc(Cl)c1N1CC(CS(=O)(=O)F)CC1=O. The van der Waals surface area contributed by atoms with Crippen LogP contribution < -0.4 is 4.90 Å². The summed E-state index contributed by atoms with van der Waals surface area (Å²) in [6, 6.07) is 1.70. The predicted octanol–water partition coefficient (Wildman–Crippen LogP) is 1.70. The fraction of sp³-hybridized carbons (Fsp3) is 0.455. The number of anilines is 1. The van der Waals surface area contributed by atoms with E-state index in [0.717, 1.165) is 5.56 Å². The van der Waals surface area contributed by atoms with Gasteiger partial charge in [-0.25, -0.2) is 4.98 Å². The van der Waals surface area contributed by atoms with E-state index < -0.39 is 21.9 Å². The van der Waals surface area contributed by atoms with Crippen LogP contribution in [0.5, 0.6) is 0 Å². The van der Waals surface area contributed by atoms with Crippen LogP contribution in [-0.2, 0) is 15.0 Å². The minimum absolute atomic E-state index is 0.00614. The van der Waals surface area contributed by atoms with E-state index in [9.17, 15) is 17.1 Å². The molecule has 0 bridgehead atoms. The van der Waals surface area contributed by atoms with Gasteiger partial charge in [0.05, 0.1) is 11.4 Å². The highest BCUT2D eigenvalue weighted by Crippen LogP contribution is 2.33. The lowest BCUT2D eigenvalue weighted by atomic mass is 10.1. The van der Waals surface area contributed by atoms with Gasteiger partial charge in [-0.3, -0.25) is 4.79 Å². The van der Waals surface area contributed by atoms with E-state index in [1.807, 2.05) is 0 Å². The number of carbonyl (C=O) groups is 1. The molecule has 0 N–H and O–H groups in total. The Bertz CT molecular complexity index is 600. The van der Waals surface area contributed by atoms with Gasteiger partial charge in [0, 0.05) is 25.1 Å². The minimum Gasteiger partial charge on any atom is -0.309 e. The van der Waals surface area contributed by atoms with E-state index in [1.54, 1.807) is 13.0 Å². The molecule has 1 fully saturated rings. The standard InChI is InChI=1S/C11H12ClFN2O3S/c1-7-2-3-14-11(12)10(7)15-5-8(4-9(15)16)6-19(13,17)18/h2-3,8H,4-6H2,1H3. The number of rotatable bonds is 3. The van der Waals surface area contributed by atoms with Crippen molar-refractivity contribution in [3.63, 3.8) is 0 Å². The molecule has 1 aromatic rings. The van der Waals surface area contributed by atoms with Gasteiger partial charge in [0.2, 0.25) is 5.91 Å². The molecule has 5 nitrogen and oxygen atoms in total. The Kier molecular flexibility index (Phi) is 3.78. The lowest BCUT2D eigenvalue weighted by Gasteiger charge is -2.19. The van der Waals surface area contributed by atoms with E-state index in [0.29, 0.717) is 5.69 Å². The summed E-state index contributed by atoms with van der Waals surface area (Å²) in [4.78, 5) is 17.2. The number of aryl methyl sites for hydroxylation is 1. The largest absolute Gasteiger partial charge is 0.309 e. The van der Waals surface area contributed by atoms with Gasteiger partial charge in [0.1, 0.15) is 0 Å². The fourth-order valence-electron chi connectivity index (χ4n) is 2.23. The summed E-state index contributed by atoms with van der Waals surface area (Å²) in [6.45, 7) is 1.91. The maximum absolute atomic E-state index is 12.7. The third-order valence-electron chi connectivity index (χ3n) is 2.99. The first-order valence-electron chi connectivity index (χ1n) is 5.61. The topological polar surface area (TPSA) is 67.3 Å². The summed E-state index contributed by atoms with van der Waals surface area (Å²) in [5.74, 6) is -1.48. The van der Waals surface area contributed by atoms with E-state index in [4.69, 9.17) is 11.6 Å². The Morgan fingerprint density at radius 2 is 2.26 bits per heavy atom. The van der Waals surface area contributed by atoms with Crippen LogP contribution in [0.3, 0.4) is 0 Å². The van der Waals surface area contributed by atoms with E-state index >= 15 is 0 Å². The number of hydrogen-bond acceptors (Lipinski definition) is 4. The van der Waals surface area contributed by atoms with Crippen LogP contribution in [-0.4, -0.2) is 31.6 Å². The molecule has 19 heavy (non-hydrogen) atoms. The normalized spacial score (nSPS) is 20.1. The number of nitrogens with zero attached hydrogens (tertiary/aromatic N) is 2. The Labute approximate surface area is 115 Å². The van der Waals surface area contributed by atoms with Crippen molar-refractivity contribution in [1.82, 2.24) is 4.98 Å². The zero-order valence-electron chi connectivity index (χ0n) is 10.1. The maximum Gasteiger partial charge on any atom is 0.302 e. The van der Waals surface area contributed by atoms with Crippen LogP contribution in [0.1, 0.15) is 12.0 Å². The van der Waals surface area contributed by atoms with Crippen molar-refractivity contribution in [1.29, 1.82) is 0 Å². The zero-order valence-corrected chi connectivity index (χ0v) is 11.7. The second-order valence-corrected chi connectivity index (χ2v) is 6.32. The molecule has 8 heteroatoms. The molecule has 0 radical (unpaired) electrons. The van der Waals surface area contributed by atoms with Crippen LogP contribution >= 0.6 is 11.6 Å². The van der Waals surface area contributed by atoms with Crippen LogP contribution in [0.4, 0.5) is 9.57 Å². The number of hydrogen-bond donors (Lipinski definition) is 0. The summed E-state index contributed by atoms with van der Waals surface area (Å²) in [5, 5.41) is 0.178. The van der Waals surface area contributed by atoms with Crippen LogP contribution in [0.15, 0.2) is 12.3 Å². The Balaban J connectivity index is 2.26. The average Bonchev–Trinajstić information content (AvgIpc) is 2.56. The summed E-state index contributed by atoms with van der Waals surface area (Å²) in [7, 11) is -4.58. The second kappa shape index (κ2) is 5.05. The second-order valence-electron chi connectivity index (χ2n) is 4.55. The Morgan fingerprint density at radius 1 is 1.58 bits per heavy atom. The van der Waals surface area contributed by atoms with Crippen molar-refractivity contribution in [3.05, 3.63) is 23.0 Å². The lowest BCUT2D eigenvalue weighted by molar-refractivity contribution is -0.117. The molecule has 2 rings (SSSR count). The molecular formula is C11H12ClFN2O3S. The summed E-state index contributed by atoms with van der Waals surface area (Å²) < 4.78 is 33.9. The van der Waals surface area contributed by atoms with Crippen molar-refractivity contribution in [2.75, 3.05) is 17.2 Å². The van der Waals surface area contributed by atoms with Crippen molar-refractivity contribution in [2.24, 2.45) is 5.92 Å². The molecule has 0 aromatic carbocycles. The molecule has 1 amide bonds. The summed E-state index contributed by atoms with van der Waals surface area (Å²) in [5.41, 5.74) is 1.23. The Hall–Kier alpha value is -1.21. The molecular weight excluding hydrogens is 295 g/mol. The van der Waals surface area contributed by atoms with E-state index in [1.165, 1.54) is 11.1 Å². The Morgan fingerprint density at radius 3 is 2.84 bits per heavy atom. The summed E-state index contributed by atoms with van der Waals surface area (Å²) >= 11 is 5.96. The highest BCUT2D eigenvalue weighted by atomic mass is 35.5. The molecule has 2 heterocycles. The number of carbonyl (C=O) groups excluding carboxylic acids is 1. The number of amides is 1. The highest BCUT2D eigenvalue weighted by Gasteiger charge is 2.35. The van der Waals surface area contributed by atoms with E-state index in [2.05, 4.69) is 4.98 Å². The molecule has 0 spiro atoms. The van der Waals surface area contributed by atoms with Gasteiger partial charge in [0.25, 0.3) is 0 Å². The van der Waals surface area contributed by atoms with Gasteiger partial charge < -0.3 is 4.90 Å². The van der Waals surface area contributed by atoms with Gasteiger partial charge in [-0.05, 0) is 18.6 Å². The van der Waals surface area contributed by atoms with Crippen molar-refractivity contribution < 1.29 is 17.1 Å².